The first kappa shape index (κ1) is 13.3. The number of halogens is 2. The molecule has 5 heteroatoms. The molecule has 17 heavy (non-hydrogen) atoms. The van der Waals surface area contributed by atoms with Crippen molar-refractivity contribution in [3.8, 4) is 0 Å². The Kier molecular flexibility index (Phi) is 4.43. The van der Waals surface area contributed by atoms with E-state index in [-0.39, 0.29) is 5.91 Å². The molecule has 1 aromatic rings. The molecule has 0 radical (unpaired) electrons. The number of rotatable bonds is 1. The molecule has 0 unspecified atom stereocenters. The average molecular weight is 409 g/mol. The van der Waals surface area contributed by atoms with Crippen LogP contribution >= 0.6 is 38.5 Å². The predicted molar refractivity (Wildman–Crippen MR) is 80.2 cm³/mol. The van der Waals surface area contributed by atoms with Crippen LogP contribution in [0.25, 0.3) is 0 Å². The Morgan fingerprint density at radius 1 is 1.59 bits per heavy atom. The smallest absolute Gasteiger partial charge is 0.255 e. The molecule has 0 spiro atoms. The summed E-state index contributed by atoms with van der Waals surface area (Å²) in [5.74, 6) is 0.129. The molecular formula is C12H14BrIN2O. The van der Waals surface area contributed by atoms with Crippen molar-refractivity contribution in [1.29, 1.82) is 0 Å². The molecule has 1 heterocycles. The van der Waals surface area contributed by atoms with E-state index in [0.29, 0.717) is 6.04 Å². The van der Waals surface area contributed by atoms with Gasteiger partial charge in [-0.1, -0.05) is 15.9 Å². The summed E-state index contributed by atoms with van der Waals surface area (Å²) < 4.78 is 1.95. The van der Waals surface area contributed by atoms with E-state index in [0.717, 1.165) is 33.2 Å². The minimum absolute atomic E-state index is 0.129. The van der Waals surface area contributed by atoms with E-state index in [1.807, 2.05) is 23.1 Å². The fourth-order valence-corrected chi connectivity index (χ4v) is 2.88. The van der Waals surface area contributed by atoms with Gasteiger partial charge in [0.1, 0.15) is 0 Å². The zero-order chi connectivity index (χ0) is 12.4. The van der Waals surface area contributed by atoms with Crippen molar-refractivity contribution in [1.82, 2.24) is 10.2 Å². The van der Waals surface area contributed by atoms with Crippen LogP contribution in [0.1, 0.15) is 17.3 Å². The lowest BCUT2D eigenvalue weighted by atomic mass is 10.1. The van der Waals surface area contributed by atoms with Gasteiger partial charge in [-0.05, 0) is 47.7 Å². The Morgan fingerprint density at radius 3 is 3.06 bits per heavy atom. The molecule has 1 N–H and O–H groups in total. The Morgan fingerprint density at radius 2 is 2.35 bits per heavy atom. The highest BCUT2D eigenvalue weighted by atomic mass is 127. The molecule has 1 aromatic carbocycles. The predicted octanol–water partition coefficient (Wildman–Crippen LogP) is 2.49. The number of piperazine rings is 1. The van der Waals surface area contributed by atoms with Gasteiger partial charge in [-0.15, -0.1) is 0 Å². The maximum absolute atomic E-state index is 12.4. The molecule has 3 nitrogen and oxygen atoms in total. The average Bonchev–Trinajstić information content (AvgIpc) is 2.31. The number of amides is 1. The molecule has 0 aliphatic carbocycles. The van der Waals surface area contributed by atoms with Crippen molar-refractivity contribution < 1.29 is 4.79 Å². The van der Waals surface area contributed by atoms with Crippen molar-refractivity contribution in [3.63, 3.8) is 0 Å². The van der Waals surface area contributed by atoms with Crippen LogP contribution in [0.5, 0.6) is 0 Å². The minimum Gasteiger partial charge on any atom is -0.336 e. The van der Waals surface area contributed by atoms with Crippen LogP contribution in [-0.4, -0.2) is 36.5 Å². The van der Waals surface area contributed by atoms with Gasteiger partial charge in [0.25, 0.3) is 5.91 Å². The second-order valence-electron chi connectivity index (χ2n) is 4.23. The van der Waals surface area contributed by atoms with Crippen molar-refractivity contribution in [3.05, 3.63) is 31.8 Å². The maximum Gasteiger partial charge on any atom is 0.255 e. The van der Waals surface area contributed by atoms with E-state index in [4.69, 9.17) is 0 Å². The number of hydrogen-bond donors (Lipinski definition) is 1. The van der Waals surface area contributed by atoms with Gasteiger partial charge in [-0.3, -0.25) is 4.79 Å². The maximum atomic E-state index is 12.4. The molecule has 1 aliphatic rings. The van der Waals surface area contributed by atoms with Gasteiger partial charge in [0, 0.05) is 33.7 Å². The summed E-state index contributed by atoms with van der Waals surface area (Å²) in [5, 5.41) is 3.34. The first-order valence-corrected chi connectivity index (χ1v) is 7.43. The summed E-state index contributed by atoms with van der Waals surface area (Å²) in [6.07, 6.45) is 0. The molecule has 0 bridgehead atoms. The lowest BCUT2D eigenvalue weighted by molar-refractivity contribution is 0.0708. The topological polar surface area (TPSA) is 32.3 Å². The van der Waals surface area contributed by atoms with Crippen LogP contribution in [-0.2, 0) is 0 Å². The third-order valence-corrected chi connectivity index (χ3v) is 4.25. The van der Waals surface area contributed by atoms with Crippen molar-refractivity contribution in [2.24, 2.45) is 0 Å². The van der Waals surface area contributed by atoms with Gasteiger partial charge >= 0.3 is 0 Å². The van der Waals surface area contributed by atoms with E-state index in [1.54, 1.807) is 0 Å². The largest absolute Gasteiger partial charge is 0.336 e. The zero-order valence-electron chi connectivity index (χ0n) is 9.54. The van der Waals surface area contributed by atoms with E-state index >= 15 is 0 Å². The van der Waals surface area contributed by atoms with Gasteiger partial charge in [0.2, 0.25) is 0 Å². The Balaban J connectivity index is 2.21. The number of carbonyl (C=O) groups is 1. The molecule has 92 valence electrons. The second-order valence-corrected chi connectivity index (χ2v) is 6.31. The van der Waals surface area contributed by atoms with E-state index < -0.39 is 0 Å². The normalized spacial score (nSPS) is 20.4. The Labute approximate surface area is 123 Å². The highest BCUT2D eigenvalue weighted by molar-refractivity contribution is 14.1. The molecule has 0 saturated carbocycles. The van der Waals surface area contributed by atoms with Gasteiger partial charge in [-0.2, -0.15) is 0 Å². The van der Waals surface area contributed by atoms with Gasteiger partial charge in [0.05, 0.1) is 5.56 Å². The van der Waals surface area contributed by atoms with E-state index in [2.05, 4.69) is 50.8 Å². The van der Waals surface area contributed by atoms with Gasteiger partial charge < -0.3 is 10.2 Å². The molecule has 1 atom stereocenters. The van der Waals surface area contributed by atoms with Gasteiger partial charge in [-0.25, -0.2) is 0 Å². The first-order chi connectivity index (χ1) is 8.08. The van der Waals surface area contributed by atoms with Crippen LogP contribution in [0.3, 0.4) is 0 Å². The molecule has 1 amide bonds. The molecule has 0 aromatic heterocycles. The van der Waals surface area contributed by atoms with Crippen LogP contribution < -0.4 is 5.32 Å². The number of carbonyl (C=O) groups excluding carboxylic acids is 1. The third-order valence-electron chi connectivity index (χ3n) is 2.81. The summed E-state index contributed by atoms with van der Waals surface area (Å²) in [4.78, 5) is 14.3. The number of benzene rings is 1. The highest BCUT2D eigenvalue weighted by Gasteiger charge is 2.23. The lowest BCUT2D eigenvalue weighted by Gasteiger charge is -2.32. The fraction of sp³-hybridized carbons (Fsp3) is 0.417. The fourth-order valence-electron chi connectivity index (χ4n) is 1.95. The minimum atomic E-state index is 0.129. The van der Waals surface area contributed by atoms with Crippen LogP contribution in [0.4, 0.5) is 0 Å². The number of nitrogens with one attached hydrogen (secondary N) is 1. The number of hydrogen-bond acceptors (Lipinski definition) is 2. The lowest BCUT2D eigenvalue weighted by Crippen LogP contribution is -2.51. The first-order valence-electron chi connectivity index (χ1n) is 5.55. The van der Waals surface area contributed by atoms with Crippen LogP contribution in [0.15, 0.2) is 22.7 Å². The molecular weight excluding hydrogens is 395 g/mol. The van der Waals surface area contributed by atoms with Crippen molar-refractivity contribution in [2.45, 2.75) is 13.0 Å². The van der Waals surface area contributed by atoms with Crippen molar-refractivity contribution in [2.75, 3.05) is 19.6 Å². The summed E-state index contributed by atoms with van der Waals surface area (Å²) in [7, 11) is 0. The van der Waals surface area contributed by atoms with E-state index in [1.165, 1.54) is 0 Å². The monoisotopic (exact) mass is 408 g/mol. The van der Waals surface area contributed by atoms with E-state index in [9.17, 15) is 4.79 Å². The van der Waals surface area contributed by atoms with Crippen LogP contribution in [0.2, 0.25) is 0 Å². The number of nitrogens with zero attached hydrogens (tertiary/aromatic N) is 1. The molecule has 1 saturated heterocycles. The summed E-state index contributed by atoms with van der Waals surface area (Å²) >= 11 is 5.62. The molecule has 2 rings (SSSR count). The van der Waals surface area contributed by atoms with Crippen molar-refractivity contribution >= 4 is 44.4 Å². The summed E-state index contributed by atoms with van der Waals surface area (Å²) in [6, 6.07) is 6.19. The quantitative estimate of drug-likeness (QED) is 0.724. The zero-order valence-corrected chi connectivity index (χ0v) is 13.3. The summed E-state index contributed by atoms with van der Waals surface area (Å²) in [5.41, 5.74) is 0.786. The molecule has 1 fully saturated rings. The Bertz CT molecular complexity index is 439. The summed E-state index contributed by atoms with van der Waals surface area (Å²) in [6.45, 7) is 4.54. The SMILES string of the molecule is C[C@H]1CN(C(=O)c2cc(Br)ccc2I)CCN1. The highest BCUT2D eigenvalue weighted by Crippen LogP contribution is 2.20. The molecule has 1 aliphatic heterocycles. The van der Waals surface area contributed by atoms with Gasteiger partial charge in [0.15, 0.2) is 0 Å². The standard InChI is InChI=1S/C12H14BrIN2O/c1-8-7-16(5-4-15-8)12(17)10-6-9(13)2-3-11(10)14/h2-3,6,8,15H,4-5,7H2,1H3/t8-/m0/s1. The Hall–Kier alpha value is -0.140. The second kappa shape index (κ2) is 5.67. The third kappa shape index (κ3) is 3.20. The van der Waals surface area contributed by atoms with Crippen LogP contribution in [0, 0.1) is 3.57 Å².